The minimum absolute atomic E-state index is 0. The van der Waals surface area contributed by atoms with Gasteiger partial charge in [0, 0.05) is 24.2 Å². The van der Waals surface area contributed by atoms with E-state index in [-0.39, 0.29) is 24.8 Å². The third-order valence-electron chi connectivity index (χ3n) is 2.35. The van der Waals surface area contributed by atoms with E-state index in [0.29, 0.717) is 11.7 Å². The van der Waals surface area contributed by atoms with Crippen molar-refractivity contribution in [2.24, 2.45) is 5.92 Å². The summed E-state index contributed by atoms with van der Waals surface area (Å²) in [4.78, 5) is 4.04. The minimum Gasteiger partial charge on any atom is -0.383 e. The fourth-order valence-corrected chi connectivity index (χ4v) is 1.83. The molecule has 1 aliphatic heterocycles. The second kappa shape index (κ2) is 7.78. The summed E-state index contributed by atoms with van der Waals surface area (Å²) in [5, 5.41) is 3.28. The molecule has 6 heteroatoms. The van der Waals surface area contributed by atoms with Crippen molar-refractivity contribution in [2.45, 2.75) is 6.42 Å². The number of aromatic nitrogens is 1. The molecule has 3 N–H and O–H groups in total. The molecule has 0 spiro atoms. The highest BCUT2D eigenvalue weighted by molar-refractivity contribution is 9.10. The molecular weight excluding hydrogens is 325 g/mol. The maximum atomic E-state index is 5.59. The second-order valence-corrected chi connectivity index (χ2v) is 4.40. The quantitative estimate of drug-likeness (QED) is 0.713. The summed E-state index contributed by atoms with van der Waals surface area (Å²) in [6, 6.07) is 1.90. The number of anilines is 1. The van der Waals surface area contributed by atoms with Crippen LogP contribution in [0.25, 0.3) is 0 Å². The van der Waals surface area contributed by atoms with Crippen molar-refractivity contribution in [3.8, 4) is 11.8 Å². The fraction of sp³-hybridized carbons (Fsp3) is 0.364. The van der Waals surface area contributed by atoms with Gasteiger partial charge < -0.3 is 11.1 Å². The summed E-state index contributed by atoms with van der Waals surface area (Å²) in [6.07, 6.45) is 2.84. The Bertz CT molecular complexity index is 422. The Kier molecular flexibility index (Phi) is 7.56. The van der Waals surface area contributed by atoms with Crippen molar-refractivity contribution >= 4 is 46.6 Å². The molecule has 0 aliphatic carbocycles. The maximum absolute atomic E-state index is 5.59. The molecule has 2 heterocycles. The summed E-state index contributed by atoms with van der Waals surface area (Å²) in [5.41, 5.74) is 6.50. The zero-order valence-corrected chi connectivity index (χ0v) is 12.3. The number of nitrogens with two attached hydrogens (primary N) is 1. The summed E-state index contributed by atoms with van der Waals surface area (Å²) >= 11 is 3.33. The molecule has 0 bridgehead atoms. The molecule has 17 heavy (non-hydrogen) atoms. The van der Waals surface area contributed by atoms with E-state index >= 15 is 0 Å². The van der Waals surface area contributed by atoms with Crippen LogP contribution in [0.3, 0.4) is 0 Å². The van der Waals surface area contributed by atoms with Crippen molar-refractivity contribution in [2.75, 3.05) is 18.8 Å². The van der Waals surface area contributed by atoms with Crippen LogP contribution in [-0.2, 0) is 0 Å². The lowest BCUT2D eigenvalue weighted by atomic mass is 10.1. The van der Waals surface area contributed by atoms with Gasteiger partial charge >= 0.3 is 0 Å². The van der Waals surface area contributed by atoms with Gasteiger partial charge in [0.25, 0.3) is 0 Å². The summed E-state index contributed by atoms with van der Waals surface area (Å²) in [7, 11) is 0. The number of pyridine rings is 1. The SMILES string of the molecule is Cl.Cl.Nc1ncc(C#CC2CCNC2)cc1Br. The van der Waals surface area contributed by atoms with Gasteiger partial charge in [0.2, 0.25) is 0 Å². The lowest BCUT2D eigenvalue weighted by Gasteiger charge is -1.97. The van der Waals surface area contributed by atoms with Crippen molar-refractivity contribution in [1.29, 1.82) is 0 Å². The van der Waals surface area contributed by atoms with Crippen molar-refractivity contribution in [1.82, 2.24) is 10.3 Å². The summed E-state index contributed by atoms with van der Waals surface area (Å²) in [5.74, 6) is 7.32. The Morgan fingerprint density at radius 3 is 2.82 bits per heavy atom. The number of halogens is 3. The van der Waals surface area contributed by atoms with E-state index in [2.05, 4.69) is 38.1 Å². The minimum atomic E-state index is 0. The highest BCUT2D eigenvalue weighted by atomic mass is 79.9. The smallest absolute Gasteiger partial charge is 0.137 e. The summed E-state index contributed by atoms with van der Waals surface area (Å²) in [6.45, 7) is 2.07. The molecule has 1 saturated heterocycles. The molecule has 0 saturated carbocycles. The molecule has 1 unspecified atom stereocenters. The van der Waals surface area contributed by atoms with Crippen LogP contribution in [0.4, 0.5) is 5.82 Å². The largest absolute Gasteiger partial charge is 0.383 e. The molecule has 2 rings (SSSR count). The third-order valence-corrected chi connectivity index (χ3v) is 2.99. The average Bonchev–Trinajstić information content (AvgIpc) is 2.73. The van der Waals surface area contributed by atoms with E-state index in [1.165, 1.54) is 0 Å². The molecule has 1 aliphatic rings. The van der Waals surface area contributed by atoms with Crippen LogP contribution in [0.15, 0.2) is 16.7 Å². The van der Waals surface area contributed by atoms with Crippen molar-refractivity contribution in [3.05, 3.63) is 22.3 Å². The zero-order valence-electron chi connectivity index (χ0n) is 9.07. The Morgan fingerprint density at radius 2 is 2.24 bits per heavy atom. The van der Waals surface area contributed by atoms with E-state index in [1.807, 2.05) is 6.07 Å². The van der Waals surface area contributed by atoms with Gasteiger partial charge in [-0.05, 0) is 35.0 Å². The topological polar surface area (TPSA) is 50.9 Å². The predicted molar refractivity (Wildman–Crippen MR) is 78.7 cm³/mol. The highest BCUT2D eigenvalue weighted by Crippen LogP contribution is 2.17. The molecule has 0 radical (unpaired) electrons. The normalized spacial score (nSPS) is 17.4. The first-order valence-electron chi connectivity index (χ1n) is 4.89. The first kappa shape index (κ1) is 16.5. The van der Waals surface area contributed by atoms with Crippen LogP contribution in [0.5, 0.6) is 0 Å². The highest BCUT2D eigenvalue weighted by Gasteiger charge is 2.10. The molecule has 0 aromatic carbocycles. The van der Waals surface area contributed by atoms with Crippen LogP contribution < -0.4 is 11.1 Å². The third kappa shape index (κ3) is 4.72. The van der Waals surface area contributed by atoms with Crippen LogP contribution in [0.2, 0.25) is 0 Å². The molecule has 94 valence electrons. The van der Waals surface area contributed by atoms with Gasteiger partial charge in [-0.2, -0.15) is 0 Å². The van der Waals surface area contributed by atoms with Gasteiger partial charge in [0.1, 0.15) is 5.82 Å². The lowest BCUT2D eigenvalue weighted by molar-refractivity contribution is 0.755. The van der Waals surface area contributed by atoms with E-state index in [1.54, 1.807) is 6.20 Å². The van der Waals surface area contributed by atoms with Gasteiger partial charge in [-0.1, -0.05) is 11.8 Å². The standard InChI is InChI=1S/C11H12BrN3.2ClH/c12-10-5-9(7-15-11(10)13)2-1-8-3-4-14-6-8;;/h5,7-8,14H,3-4,6H2,(H2,13,15);2*1H. The Labute approximate surface area is 122 Å². The molecule has 1 aromatic rings. The van der Waals surface area contributed by atoms with Gasteiger partial charge in [0.15, 0.2) is 0 Å². The Morgan fingerprint density at radius 1 is 1.47 bits per heavy atom. The van der Waals surface area contributed by atoms with Gasteiger partial charge in [0.05, 0.1) is 4.47 Å². The summed E-state index contributed by atoms with van der Waals surface area (Å²) < 4.78 is 0.804. The van der Waals surface area contributed by atoms with Crippen molar-refractivity contribution < 1.29 is 0 Å². The first-order chi connectivity index (χ1) is 7.25. The molecule has 1 aromatic heterocycles. The van der Waals surface area contributed by atoms with Gasteiger partial charge in [-0.25, -0.2) is 4.98 Å². The van der Waals surface area contributed by atoms with Gasteiger partial charge in [-0.3, -0.25) is 0 Å². The Balaban J connectivity index is 0.00000128. The van der Waals surface area contributed by atoms with E-state index in [4.69, 9.17) is 5.73 Å². The van der Waals surface area contributed by atoms with E-state index < -0.39 is 0 Å². The number of hydrogen-bond donors (Lipinski definition) is 2. The van der Waals surface area contributed by atoms with Crippen LogP contribution in [-0.4, -0.2) is 18.1 Å². The number of nitrogen functional groups attached to an aromatic ring is 1. The van der Waals surface area contributed by atoms with Crippen LogP contribution >= 0.6 is 40.7 Å². The number of hydrogen-bond acceptors (Lipinski definition) is 3. The molecule has 0 amide bonds. The second-order valence-electron chi connectivity index (χ2n) is 3.55. The lowest BCUT2D eigenvalue weighted by Crippen LogP contribution is -2.07. The average molecular weight is 339 g/mol. The molecule has 1 fully saturated rings. The van der Waals surface area contributed by atoms with E-state index in [0.717, 1.165) is 29.5 Å². The number of nitrogens with one attached hydrogen (secondary N) is 1. The fourth-order valence-electron chi connectivity index (χ4n) is 1.48. The number of nitrogens with zero attached hydrogens (tertiary/aromatic N) is 1. The zero-order chi connectivity index (χ0) is 10.7. The molecular formula is C11H14BrCl2N3. The molecule has 3 nitrogen and oxygen atoms in total. The first-order valence-corrected chi connectivity index (χ1v) is 5.68. The number of rotatable bonds is 0. The van der Waals surface area contributed by atoms with Gasteiger partial charge in [-0.15, -0.1) is 24.8 Å². The van der Waals surface area contributed by atoms with E-state index in [9.17, 15) is 0 Å². The van der Waals surface area contributed by atoms with Crippen molar-refractivity contribution in [3.63, 3.8) is 0 Å². The maximum Gasteiger partial charge on any atom is 0.137 e. The molecule has 1 atom stereocenters. The predicted octanol–water partition coefficient (Wildman–Crippen LogP) is 2.23. The van der Waals surface area contributed by atoms with Crippen LogP contribution in [0, 0.1) is 17.8 Å². The monoisotopic (exact) mass is 337 g/mol. The van der Waals surface area contributed by atoms with Crippen LogP contribution in [0.1, 0.15) is 12.0 Å². The Hall–Kier alpha value is -0.470.